The highest BCUT2D eigenvalue weighted by Crippen LogP contribution is 2.27. The van der Waals surface area contributed by atoms with Gasteiger partial charge in [0.05, 0.1) is 6.61 Å². The lowest BCUT2D eigenvalue weighted by atomic mass is 10.2. The van der Waals surface area contributed by atoms with Crippen molar-refractivity contribution < 1.29 is 14.6 Å². The zero-order chi connectivity index (χ0) is 21.7. The largest absolute Gasteiger partial charge is 0.483 e. The van der Waals surface area contributed by atoms with Crippen LogP contribution in [0.2, 0.25) is 5.15 Å². The molecule has 1 aromatic heterocycles. The van der Waals surface area contributed by atoms with E-state index in [0.717, 1.165) is 16.7 Å². The van der Waals surface area contributed by atoms with Crippen molar-refractivity contribution in [2.75, 3.05) is 0 Å². The number of nitrogens with zero attached hydrogens (tertiary/aromatic N) is 2. The summed E-state index contributed by atoms with van der Waals surface area (Å²) in [5, 5.41) is 16.6. The highest BCUT2D eigenvalue weighted by Gasteiger charge is 2.10. The topological polar surface area (TPSA) is 64.5 Å². The molecule has 4 rings (SSSR count). The predicted molar refractivity (Wildman–Crippen MR) is 121 cm³/mol. The molecule has 1 heterocycles. The van der Waals surface area contributed by atoms with Crippen molar-refractivity contribution in [1.29, 1.82) is 0 Å². The van der Waals surface area contributed by atoms with Crippen LogP contribution in [0.5, 0.6) is 11.6 Å². The average Bonchev–Trinajstić information content (AvgIpc) is 2.84. The van der Waals surface area contributed by atoms with E-state index in [1.807, 2.05) is 91.0 Å². The minimum atomic E-state index is 0.140. The molecule has 0 fully saturated rings. The SMILES string of the molecule is Clc1cc(OCc2ccccc2)c(OCc2ccccc2)nn1.OCc1ccccc1. The van der Waals surface area contributed by atoms with E-state index >= 15 is 0 Å². The number of hydrogen-bond acceptors (Lipinski definition) is 5. The molecule has 0 amide bonds. The van der Waals surface area contributed by atoms with Gasteiger partial charge in [-0.15, -0.1) is 10.2 Å². The number of ether oxygens (including phenoxy) is 2. The molecule has 5 nitrogen and oxygen atoms in total. The Labute approximate surface area is 186 Å². The van der Waals surface area contributed by atoms with Crippen LogP contribution in [-0.4, -0.2) is 15.3 Å². The zero-order valence-electron chi connectivity index (χ0n) is 16.9. The van der Waals surface area contributed by atoms with Crippen LogP contribution in [0.1, 0.15) is 16.7 Å². The van der Waals surface area contributed by atoms with Gasteiger partial charge in [-0.2, -0.15) is 0 Å². The highest BCUT2D eigenvalue weighted by molar-refractivity contribution is 6.29. The van der Waals surface area contributed by atoms with Crippen LogP contribution in [-0.2, 0) is 19.8 Å². The van der Waals surface area contributed by atoms with Gasteiger partial charge in [0, 0.05) is 6.07 Å². The van der Waals surface area contributed by atoms with E-state index in [4.69, 9.17) is 26.2 Å². The summed E-state index contributed by atoms with van der Waals surface area (Å²) in [5.74, 6) is 0.805. The number of aliphatic hydroxyl groups excluding tert-OH is 1. The van der Waals surface area contributed by atoms with E-state index in [0.29, 0.717) is 24.8 Å². The van der Waals surface area contributed by atoms with E-state index in [2.05, 4.69) is 10.2 Å². The van der Waals surface area contributed by atoms with Crippen molar-refractivity contribution in [2.24, 2.45) is 0 Å². The zero-order valence-corrected chi connectivity index (χ0v) is 17.7. The normalized spacial score (nSPS) is 10.0. The van der Waals surface area contributed by atoms with Crippen molar-refractivity contribution in [2.45, 2.75) is 19.8 Å². The first-order valence-electron chi connectivity index (χ1n) is 9.76. The first-order valence-corrected chi connectivity index (χ1v) is 10.1. The van der Waals surface area contributed by atoms with Crippen LogP contribution >= 0.6 is 11.6 Å². The lowest BCUT2D eigenvalue weighted by molar-refractivity contribution is 0.244. The summed E-state index contributed by atoms with van der Waals surface area (Å²) in [6.07, 6.45) is 0. The quantitative estimate of drug-likeness (QED) is 0.418. The number of aromatic nitrogens is 2. The molecular weight excluding hydrogens is 412 g/mol. The monoisotopic (exact) mass is 434 g/mol. The smallest absolute Gasteiger partial charge is 0.276 e. The van der Waals surface area contributed by atoms with Crippen LogP contribution in [0.3, 0.4) is 0 Å². The second-order valence-electron chi connectivity index (χ2n) is 6.53. The number of hydrogen-bond donors (Lipinski definition) is 1. The Hall–Kier alpha value is -3.41. The third-order valence-corrected chi connectivity index (χ3v) is 4.36. The second kappa shape index (κ2) is 12.3. The maximum Gasteiger partial charge on any atom is 0.276 e. The maximum atomic E-state index is 8.54. The first-order chi connectivity index (χ1) is 15.2. The van der Waals surface area contributed by atoms with Crippen LogP contribution < -0.4 is 9.47 Å². The molecule has 4 aromatic rings. The summed E-state index contributed by atoms with van der Waals surface area (Å²) >= 11 is 5.91. The van der Waals surface area contributed by atoms with Crippen molar-refractivity contribution in [3.63, 3.8) is 0 Å². The van der Waals surface area contributed by atoms with Crippen LogP contribution in [0, 0.1) is 0 Å². The van der Waals surface area contributed by atoms with E-state index in [-0.39, 0.29) is 11.8 Å². The average molecular weight is 435 g/mol. The molecule has 0 unspecified atom stereocenters. The van der Waals surface area contributed by atoms with Crippen molar-refractivity contribution in [3.05, 3.63) is 119 Å². The van der Waals surface area contributed by atoms with Crippen LogP contribution in [0.25, 0.3) is 0 Å². The van der Waals surface area contributed by atoms with Gasteiger partial charge in [0.1, 0.15) is 13.2 Å². The Morgan fingerprint density at radius 2 is 1.13 bits per heavy atom. The lowest BCUT2D eigenvalue weighted by Crippen LogP contribution is -2.03. The molecule has 0 bridgehead atoms. The standard InChI is InChI=1S/C18H15ClN2O2.C7H8O/c19-17-11-16(22-12-14-7-3-1-4-8-14)18(21-20-17)23-13-15-9-5-2-6-10-15;8-6-7-4-2-1-3-5-7/h1-11H,12-13H2;1-5,8H,6H2. The Bertz CT molecular complexity index is 1030. The van der Waals surface area contributed by atoms with Gasteiger partial charge in [-0.05, 0) is 16.7 Å². The molecule has 0 saturated heterocycles. The van der Waals surface area contributed by atoms with Gasteiger partial charge in [-0.3, -0.25) is 0 Å². The summed E-state index contributed by atoms with van der Waals surface area (Å²) in [6, 6.07) is 30.8. The minimum Gasteiger partial charge on any atom is -0.483 e. The molecule has 0 aliphatic carbocycles. The fourth-order valence-electron chi connectivity index (χ4n) is 2.59. The van der Waals surface area contributed by atoms with E-state index in [1.54, 1.807) is 6.07 Å². The summed E-state index contributed by atoms with van der Waals surface area (Å²) in [7, 11) is 0. The Morgan fingerprint density at radius 1 is 0.645 bits per heavy atom. The van der Waals surface area contributed by atoms with Crippen molar-refractivity contribution in [1.82, 2.24) is 10.2 Å². The molecule has 3 aromatic carbocycles. The molecule has 0 spiro atoms. The maximum absolute atomic E-state index is 8.54. The Kier molecular flexibility index (Phi) is 8.86. The summed E-state index contributed by atoms with van der Waals surface area (Å²) < 4.78 is 11.5. The van der Waals surface area contributed by atoms with Gasteiger partial charge in [-0.1, -0.05) is 103 Å². The fourth-order valence-corrected chi connectivity index (χ4v) is 2.73. The van der Waals surface area contributed by atoms with Crippen molar-refractivity contribution in [3.8, 4) is 11.6 Å². The fraction of sp³-hybridized carbons (Fsp3) is 0.120. The lowest BCUT2D eigenvalue weighted by Gasteiger charge is -2.11. The molecule has 0 radical (unpaired) electrons. The molecule has 0 aliphatic heterocycles. The first kappa shape index (κ1) is 22.3. The Morgan fingerprint density at radius 3 is 1.61 bits per heavy atom. The second-order valence-corrected chi connectivity index (χ2v) is 6.92. The third-order valence-electron chi connectivity index (χ3n) is 4.18. The van der Waals surface area contributed by atoms with Gasteiger partial charge in [-0.25, -0.2) is 0 Å². The molecule has 31 heavy (non-hydrogen) atoms. The van der Waals surface area contributed by atoms with Crippen LogP contribution in [0.4, 0.5) is 0 Å². The number of rotatable bonds is 7. The number of halogens is 1. The van der Waals surface area contributed by atoms with Crippen molar-refractivity contribution >= 4 is 11.6 Å². The number of aliphatic hydroxyl groups is 1. The van der Waals surface area contributed by atoms with Gasteiger partial charge < -0.3 is 14.6 Å². The molecule has 0 saturated carbocycles. The molecule has 6 heteroatoms. The van der Waals surface area contributed by atoms with Crippen LogP contribution in [0.15, 0.2) is 97.1 Å². The highest BCUT2D eigenvalue weighted by atomic mass is 35.5. The van der Waals surface area contributed by atoms with Gasteiger partial charge in [0.2, 0.25) is 0 Å². The third kappa shape index (κ3) is 7.74. The minimum absolute atomic E-state index is 0.140. The molecule has 1 N–H and O–H groups in total. The van der Waals surface area contributed by atoms with E-state index < -0.39 is 0 Å². The Balaban J connectivity index is 0.000000287. The van der Waals surface area contributed by atoms with Gasteiger partial charge in [0.25, 0.3) is 5.88 Å². The predicted octanol–water partition coefficient (Wildman–Crippen LogP) is 5.47. The van der Waals surface area contributed by atoms with E-state index in [1.165, 1.54) is 0 Å². The summed E-state index contributed by atoms with van der Waals surface area (Å²) in [5.41, 5.74) is 3.06. The molecule has 0 aliphatic rings. The molecule has 158 valence electrons. The van der Waals surface area contributed by atoms with Gasteiger partial charge in [0.15, 0.2) is 10.9 Å². The molecular formula is C25H23ClN2O3. The van der Waals surface area contributed by atoms with Gasteiger partial charge >= 0.3 is 0 Å². The summed E-state index contributed by atoms with van der Waals surface area (Å²) in [4.78, 5) is 0. The van der Waals surface area contributed by atoms with E-state index in [9.17, 15) is 0 Å². The number of benzene rings is 3. The molecule has 0 atom stereocenters. The summed E-state index contributed by atoms with van der Waals surface area (Å²) in [6.45, 7) is 0.935.